The van der Waals surface area contributed by atoms with E-state index in [1.807, 2.05) is 0 Å². The first-order valence-electron chi connectivity index (χ1n) is 4.99. The van der Waals surface area contributed by atoms with Gasteiger partial charge in [0.05, 0.1) is 0 Å². The fraction of sp³-hybridized carbons (Fsp3) is 1.00. The predicted molar refractivity (Wildman–Crippen MR) is 66.2 cm³/mol. The SMILES string of the molecule is CCO.CCO.CCO.CCO.C[N-]C.[Zr]. The topological polar surface area (TPSA) is 95.0 Å². The van der Waals surface area contributed by atoms with Gasteiger partial charge in [-0.15, -0.1) is 0 Å². The van der Waals surface area contributed by atoms with E-state index in [0.29, 0.717) is 0 Å². The Kier molecular flexibility index (Phi) is 235. The molecule has 0 heterocycles. The summed E-state index contributed by atoms with van der Waals surface area (Å²) in [5, 5.41) is 33.8. The number of aliphatic hydroxyl groups is 4. The fourth-order valence-electron chi connectivity index (χ4n) is 0. The molecule has 6 heteroatoms. The minimum absolute atomic E-state index is 0. The first-order chi connectivity index (χ1) is 7.07. The van der Waals surface area contributed by atoms with Crippen molar-refractivity contribution in [1.29, 1.82) is 0 Å². The second-order valence-electron chi connectivity index (χ2n) is 1.71. The van der Waals surface area contributed by atoms with E-state index in [9.17, 15) is 0 Å². The van der Waals surface area contributed by atoms with Crippen molar-refractivity contribution in [2.24, 2.45) is 0 Å². The van der Waals surface area contributed by atoms with Crippen LogP contribution in [0.15, 0.2) is 0 Å². The standard InChI is InChI=1S/C2H6N.4C2H6O.Zr/c1-3-2;4*1-2-3;/h1-2H3;4*3H,2H2,1H3;/q-1;;;;;. The maximum Gasteiger partial charge on any atom is 0.0402 e. The molecule has 0 aromatic rings. The van der Waals surface area contributed by atoms with E-state index >= 15 is 0 Å². The zero-order valence-electron chi connectivity index (χ0n) is 11.6. The van der Waals surface area contributed by atoms with Crippen molar-refractivity contribution in [3.63, 3.8) is 0 Å². The van der Waals surface area contributed by atoms with Gasteiger partial charge in [-0.1, -0.05) is 0 Å². The Morgan fingerprint density at radius 3 is 0.625 bits per heavy atom. The van der Waals surface area contributed by atoms with Crippen LogP contribution in [0.2, 0.25) is 0 Å². The first kappa shape index (κ1) is 36.0. The summed E-state index contributed by atoms with van der Waals surface area (Å²) in [5.41, 5.74) is 0. The molecule has 0 rings (SSSR count). The molecule has 0 aromatic heterocycles. The van der Waals surface area contributed by atoms with Crippen molar-refractivity contribution >= 4 is 0 Å². The van der Waals surface area contributed by atoms with E-state index in [0.717, 1.165) is 0 Å². The molecule has 0 atom stereocenters. The third-order valence-corrected chi connectivity index (χ3v) is 0. The second-order valence-corrected chi connectivity index (χ2v) is 1.71. The van der Waals surface area contributed by atoms with E-state index in [-0.39, 0.29) is 52.6 Å². The van der Waals surface area contributed by atoms with Gasteiger partial charge in [0.1, 0.15) is 0 Å². The maximum absolute atomic E-state index is 7.57. The minimum atomic E-state index is 0. The Hall–Kier alpha value is 0.683. The van der Waals surface area contributed by atoms with Crippen LogP contribution in [0.5, 0.6) is 0 Å². The largest absolute Gasteiger partial charge is 0.668 e. The summed E-state index contributed by atoms with van der Waals surface area (Å²) in [6.07, 6.45) is 0. The fourth-order valence-corrected chi connectivity index (χ4v) is 0. The summed E-state index contributed by atoms with van der Waals surface area (Å²) < 4.78 is 0. The summed E-state index contributed by atoms with van der Waals surface area (Å²) in [6.45, 7) is 7.72. The molecule has 16 heavy (non-hydrogen) atoms. The van der Waals surface area contributed by atoms with Crippen LogP contribution in [-0.2, 0) is 26.2 Å². The number of rotatable bonds is 0. The zero-order chi connectivity index (χ0) is 13.5. The van der Waals surface area contributed by atoms with Crippen LogP contribution < -0.4 is 0 Å². The Bertz CT molecular complexity index is 34.4. The van der Waals surface area contributed by atoms with Crippen LogP contribution in [0, 0.1) is 0 Å². The van der Waals surface area contributed by atoms with Crippen LogP contribution in [0.4, 0.5) is 0 Å². The summed E-state index contributed by atoms with van der Waals surface area (Å²) >= 11 is 0. The average Bonchev–Trinajstić information content (AvgIpc) is 2.09. The van der Waals surface area contributed by atoms with Crippen LogP contribution in [0.1, 0.15) is 27.7 Å². The van der Waals surface area contributed by atoms with E-state index in [4.69, 9.17) is 20.4 Å². The molecule has 0 fully saturated rings. The van der Waals surface area contributed by atoms with Crippen molar-refractivity contribution in [3.8, 4) is 0 Å². The molecule has 0 amide bonds. The average molecular weight is 320 g/mol. The molecular formula is C10H30NO4Zr-. The molecule has 0 radical (unpaired) electrons. The van der Waals surface area contributed by atoms with Crippen LogP contribution in [-0.4, -0.2) is 60.9 Å². The van der Waals surface area contributed by atoms with Gasteiger partial charge in [-0.05, 0) is 27.7 Å². The van der Waals surface area contributed by atoms with Crippen molar-refractivity contribution in [2.75, 3.05) is 40.5 Å². The maximum atomic E-state index is 7.57. The van der Waals surface area contributed by atoms with E-state index in [1.54, 1.807) is 41.8 Å². The molecular weight excluding hydrogens is 289 g/mol. The van der Waals surface area contributed by atoms with Crippen LogP contribution in [0.25, 0.3) is 5.32 Å². The van der Waals surface area contributed by atoms with E-state index in [1.165, 1.54) is 0 Å². The van der Waals surface area contributed by atoms with Gasteiger partial charge in [-0.25, -0.2) is 0 Å². The molecule has 0 aromatic carbocycles. The Morgan fingerprint density at radius 1 is 0.625 bits per heavy atom. The molecule has 0 aliphatic heterocycles. The Labute approximate surface area is 120 Å². The predicted octanol–water partition coefficient (Wildman–Crippen LogP) is 0.612. The summed E-state index contributed by atoms with van der Waals surface area (Å²) in [7, 11) is 3.50. The summed E-state index contributed by atoms with van der Waals surface area (Å²) in [6, 6.07) is 0. The van der Waals surface area contributed by atoms with Gasteiger partial charge in [0, 0.05) is 52.6 Å². The first-order valence-corrected chi connectivity index (χ1v) is 4.99. The number of hydrogen-bond acceptors (Lipinski definition) is 4. The zero-order valence-corrected chi connectivity index (χ0v) is 14.0. The monoisotopic (exact) mass is 318 g/mol. The van der Waals surface area contributed by atoms with Gasteiger partial charge in [-0.2, -0.15) is 14.1 Å². The third-order valence-electron chi connectivity index (χ3n) is 0. The van der Waals surface area contributed by atoms with Crippen molar-refractivity contribution in [3.05, 3.63) is 5.32 Å². The van der Waals surface area contributed by atoms with Gasteiger partial charge in [0.15, 0.2) is 0 Å². The Balaban J connectivity index is -0.0000000192. The Morgan fingerprint density at radius 2 is 0.625 bits per heavy atom. The summed E-state index contributed by atoms with van der Waals surface area (Å²) in [4.78, 5) is 0. The van der Waals surface area contributed by atoms with Gasteiger partial charge >= 0.3 is 0 Å². The van der Waals surface area contributed by atoms with Crippen LogP contribution >= 0.6 is 0 Å². The molecule has 104 valence electrons. The van der Waals surface area contributed by atoms with Crippen molar-refractivity contribution < 1.29 is 46.6 Å². The van der Waals surface area contributed by atoms with Gasteiger partial charge in [-0.3, -0.25) is 0 Å². The molecule has 0 spiro atoms. The molecule has 0 aliphatic carbocycles. The molecule has 0 bridgehead atoms. The molecule has 0 unspecified atom stereocenters. The molecule has 0 saturated carbocycles. The molecule has 0 saturated heterocycles. The van der Waals surface area contributed by atoms with Gasteiger partial charge in [0.25, 0.3) is 0 Å². The minimum Gasteiger partial charge on any atom is -0.668 e. The smallest absolute Gasteiger partial charge is 0.0402 e. The quantitative estimate of drug-likeness (QED) is 0.526. The van der Waals surface area contributed by atoms with Crippen molar-refractivity contribution in [2.45, 2.75) is 27.7 Å². The second kappa shape index (κ2) is 105. The number of aliphatic hydroxyl groups excluding tert-OH is 4. The van der Waals surface area contributed by atoms with Gasteiger partial charge < -0.3 is 25.7 Å². The third kappa shape index (κ3) is 5890. The molecule has 0 aliphatic rings. The van der Waals surface area contributed by atoms with Gasteiger partial charge in [0.2, 0.25) is 0 Å². The van der Waals surface area contributed by atoms with E-state index < -0.39 is 0 Å². The van der Waals surface area contributed by atoms with Crippen LogP contribution in [0.3, 0.4) is 0 Å². The van der Waals surface area contributed by atoms with E-state index in [2.05, 4.69) is 5.32 Å². The molecule has 5 nitrogen and oxygen atoms in total. The van der Waals surface area contributed by atoms with Crippen molar-refractivity contribution in [1.82, 2.24) is 0 Å². The summed E-state index contributed by atoms with van der Waals surface area (Å²) in [5.74, 6) is 0. The molecule has 4 N–H and O–H groups in total. The number of hydrogen-bond donors (Lipinski definition) is 4. The normalized spacial score (nSPS) is 5.62. The number of nitrogens with zero attached hydrogens (tertiary/aromatic N) is 1.